The van der Waals surface area contributed by atoms with E-state index >= 15 is 0 Å². The lowest BCUT2D eigenvalue weighted by Crippen LogP contribution is -2.52. The van der Waals surface area contributed by atoms with Crippen LogP contribution in [-0.2, 0) is 4.79 Å². The number of hydrogen-bond acceptors (Lipinski definition) is 6. The number of amides is 1. The second kappa shape index (κ2) is 5.50. The van der Waals surface area contributed by atoms with Gasteiger partial charge in [0, 0.05) is 24.7 Å². The van der Waals surface area contributed by atoms with Gasteiger partial charge < -0.3 is 15.0 Å². The van der Waals surface area contributed by atoms with Crippen LogP contribution >= 0.6 is 0 Å². The lowest BCUT2D eigenvalue weighted by Gasteiger charge is -2.33. The molecule has 25 heavy (non-hydrogen) atoms. The highest BCUT2D eigenvalue weighted by atomic mass is 16.5. The molecule has 1 spiro atoms. The Labute approximate surface area is 144 Å². The molecule has 122 valence electrons. The van der Waals surface area contributed by atoms with Gasteiger partial charge in [0.2, 0.25) is 11.5 Å². The summed E-state index contributed by atoms with van der Waals surface area (Å²) in [6.07, 6.45) is 4.14. The maximum Gasteiger partial charge on any atom is 0.270 e. The van der Waals surface area contributed by atoms with Gasteiger partial charge in [-0.1, -0.05) is 12.1 Å². The highest BCUT2D eigenvalue weighted by molar-refractivity contribution is 6.01. The number of pyridine rings is 1. The lowest BCUT2D eigenvalue weighted by atomic mass is 9.99. The molecule has 2 aliphatic heterocycles. The van der Waals surface area contributed by atoms with E-state index in [2.05, 4.69) is 16.4 Å². The largest absolute Gasteiger partial charge is 0.457 e. The quantitative estimate of drug-likeness (QED) is 0.801. The van der Waals surface area contributed by atoms with E-state index in [9.17, 15) is 4.79 Å². The van der Waals surface area contributed by atoms with E-state index in [0.29, 0.717) is 30.1 Å². The first-order valence-corrected chi connectivity index (χ1v) is 7.79. The van der Waals surface area contributed by atoms with Gasteiger partial charge in [-0.15, -0.1) is 0 Å². The normalized spacial score (nSPS) is 21.0. The van der Waals surface area contributed by atoms with Gasteiger partial charge in [0.1, 0.15) is 5.69 Å². The second-order valence-electron chi connectivity index (χ2n) is 6.09. The SMILES string of the molecule is N#Cc1cccc(-c2cnc3c(c2)NC(=O)[C@@]2(CCN(C#N)C2)O3)c1. The molecule has 0 bridgehead atoms. The van der Waals surface area contributed by atoms with Gasteiger partial charge in [-0.2, -0.15) is 10.5 Å². The predicted octanol–water partition coefficient (Wildman–Crippen LogP) is 1.88. The molecule has 4 rings (SSSR count). The second-order valence-corrected chi connectivity index (χ2v) is 6.09. The van der Waals surface area contributed by atoms with Gasteiger partial charge in [-0.05, 0) is 23.8 Å². The smallest absolute Gasteiger partial charge is 0.270 e. The highest BCUT2D eigenvalue weighted by Gasteiger charge is 2.50. The van der Waals surface area contributed by atoms with Gasteiger partial charge >= 0.3 is 0 Å². The van der Waals surface area contributed by atoms with Crippen molar-refractivity contribution in [2.75, 3.05) is 18.4 Å². The highest BCUT2D eigenvalue weighted by Crippen LogP contribution is 2.38. The van der Waals surface area contributed by atoms with Gasteiger partial charge in [0.05, 0.1) is 18.2 Å². The number of likely N-dealkylation sites (tertiary alicyclic amines) is 1. The van der Waals surface area contributed by atoms with Crippen LogP contribution in [0.2, 0.25) is 0 Å². The van der Waals surface area contributed by atoms with Crippen molar-refractivity contribution in [2.45, 2.75) is 12.0 Å². The summed E-state index contributed by atoms with van der Waals surface area (Å²) in [4.78, 5) is 18.4. The van der Waals surface area contributed by atoms with Crippen molar-refractivity contribution in [3.63, 3.8) is 0 Å². The van der Waals surface area contributed by atoms with E-state index in [1.54, 1.807) is 30.5 Å². The third-order valence-electron chi connectivity index (χ3n) is 4.50. The molecule has 3 heterocycles. The Morgan fingerprint density at radius 2 is 2.16 bits per heavy atom. The van der Waals surface area contributed by atoms with E-state index < -0.39 is 5.60 Å². The summed E-state index contributed by atoms with van der Waals surface area (Å²) in [5.74, 6) is 0.0852. The summed E-state index contributed by atoms with van der Waals surface area (Å²) in [6.45, 7) is 0.709. The lowest BCUT2D eigenvalue weighted by molar-refractivity contribution is -0.131. The number of carbonyl (C=O) groups is 1. The Kier molecular flexibility index (Phi) is 3.29. The maximum absolute atomic E-state index is 12.5. The Bertz CT molecular complexity index is 959. The van der Waals surface area contributed by atoms with Gasteiger partial charge in [0.15, 0.2) is 6.19 Å². The van der Waals surface area contributed by atoms with Crippen LogP contribution in [0.15, 0.2) is 36.5 Å². The third-order valence-corrected chi connectivity index (χ3v) is 4.50. The van der Waals surface area contributed by atoms with Crippen molar-refractivity contribution < 1.29 is 9.53 Å². The van der Waals surface area contributed by atoms with Crippen LogP contribution in [0, 0.1) is 22.8 Å². The van der Waals surface area contributed by atoms with E-state index in [1.165, 1.54) is 4.90 Å². The van der Waals surface area contributed by atoms with Crippen molar-refractivity contribution in [1.82, 2.24) is 9.88 Å². The van der Waals surface area contributed by atoms with Crippen LogP contribution in [0.25, 0.3) is 11.1 Å². The number of nitrogens with one attached hydrogen (secondary N) is 1. The van der Waals surface area contributed by atoms with Crippen LogP contribution in [-0.4, -0.2) is 34.5 Å². The minimum Gasteiger partial charge on any atom is -0.457 e. The van der Waals surface area contributed by atoms with Gasteiger partial charge in [0.25, 0.3) is 5.91 Å². The number of nitrogens with zero attached hydrogens (tertiary/aromatic N) is 4. The van der Waals surface area contributed by atoms with Crippen molar-refractivity contribution >= 4 is 11.6 Å². The minimum absolute atomic E-state index is 0.225. The number of nitriles is 2. The molecule has 1 aromatic heterocycles. The van der Waals surface area contributed by atoms with Crippen molar-refractivity contribution in [1.29, 1.82) is 10.5 Å². The van der Waals surface area contributed by atoms with Crippen LogP contribution < -0.4 is 10.1 Å². The number of fused-ring (bicyclic) bond motifs is 1. The number of carbonyl (C=O) groups excluding carboxylic acids is 1. The zero-order chi connectivity index (χ0) is 17.4. The monoisotopic (exact) mass is 331 g/mol. The maximum atomic E-state index is 12.5. The fraction of sp³-hybridized carbons (Fsp3) is 0.222. The number of aromatic nitrogens is 1. The summed E-state index contributed by atoms with van der Waals surface area (Å²) in [7, 11) is 0. The molecule has 0 unspecified atom stereocenters. The minimum atomic E-state index is -1.06. The van der Waals surface area contributed by atoms with Gasteiger partial charge in [-0.3, -0.25) is 4.79 Å². The first-order chi connectivity index (χ1) is 12.1. The van der Waals surface area contributed by atoms with E-state index in [-0.39, 0.29) is 12.5 Å². The summed E-state index contributed by atoms with van der Waals surface area (Å²) < 4.78 is 5.89. The number of benzene rings is 1. The van der Waals surface area contributed by atoms with Crippen molar-refractivity contribution in [3.8, 4) is 29.3 Å². The number of hydrogen-bond donors (Lipinski definition) is 1. The fourth-order valence-electron chi connectivity index (χ4n) is 3.15. The van der Waals surface area contributed by atoms with Crippen molar-refractivity contribution in [2.24, 2.45) is 0 Å². The summed E-state index contributed by atoms with van der Waals surface area (Å²) in [5, 5.41) is 20.9. The molecule has 1 saturated heterocycles. The molecule has 1 N–H and O–H groups in total. The molecular weight excluding hydrogens is 318 g/mol. The standard InChI is InChI=1S/C18H13N5O2/c19-8-12-2-1-3-13(6-12)14-7-15-16(21-9-14)25-18(17(24)22-15)4-5-23(10-18)11-20/h1-3,6-7,9H,4-5,10H2,(H,22,24)/t18-/m0/s1. The third kappa shape index (κ3) is 2.43. The topological polar surface area (TPSA) is 102 Å². The Hall–Kier alpha value is -3.58. The molecule has 7 heteroatoms. The molecule has 0 radical (unpaired) electrons. The molecule has 2 aliphatic rings. The Morgan fingerprint density at radius 1 is 1.28 bits per heavy atom. The van der Waals surface area contributed by atoms with Gasteiger partial charge in [-0.25, -0.2) is 4.98 Å². The van der Waals surface area contributed by atoms with Crippen LogP contribution in [0.1, 0.15) is 12.0 Å². The van der Waals surface area contributed by atoms with Crippen LogP contribution in [0.3, 0.4) is 0 Å². The molecule has 1 atom stereocenters. The number of anilines is 1. The Morgan fingerprint density at radius 3 is 2.92 bits per heavy atom. The average molecular weight is 331 g/mol. The van der Waals surface area contributed by atoms with E-state index in [4.69, 9.17) is 15.3 Å². The van der Waals surface area contributed by atoms with Crippen molar-refractivity contribution in [3.05, 3.63) is 42.1 Å². The molecule has 1 aromatic carbocycles. The first-order valence-electron chi connectivity index (χ1n) is 7.79. The van der Waals surface area contributed by atoms with Crippen LogP contribution in [0.4, 0.5) is 5.69 Å². The molecule has 0 aliphatic carbocycles. The Balaban J connectivity index is 1.67. The molecule has 0 saturated carbocycles. The molecular formula is C18H13N5O2. The zero-order valence-electron chi connectivity index (χ0n) is 13.2. The average Bonchev–Trinajstić information content (AvgIpc) is 3.06. The fourth-order valence-corrected chi connectivity index (χ4v) is 3.15. The summed E-state index contributed by atoms with van der Waals surface area (Å²) in [6, 6.07) is 11.0. The van der Waals surface area contributed by atoms with Crippen LogP contribution in [0.5, 0.6) is 5.88 Å². The molecule has 7 nitrogen and oxygen atoms in total. The molecule has 1 fully saturated rings. The number of rotatable bonds is 1. The molecule has 2 aromatic rings. The molecule has 1 amide bonds. The number of ether oxygens (including phenoxy) is 1. The summed E-state index contributed by atoms with van der Waals surface area (Å²) in [5.41, 5.74) is 1.60. The predicted molar refractivity (Wildman–Crippen MR) is 88.2 cm³/mol. The summed E-state index contributed by atoms with van der Waals surface area (Å²) >= 11 is 0. The zero-order valence-corrected chi connectivity index (χ0v) is 13.2. The van der Waals surface area contributed by atoms with E-state index in [0.717, 1.165) is 11.1 Å². The van der Waals surface area contributed by atoms with E-state index in [1.807, 2.05) is 12.3 Å². The first kappa shape index (κ1) is 15.0.